The minimum Gasteiger partial charge on any atom is -0.497 e. The highest BCUT2D eigenvalue weighted by Crippen LogP contribution is 2.31. The van der Waals surface area contributed by atoms with E-state index in [1.54, 1.807) is 14.2 Å². The number of ether oxygens (including phenoxy) is 2. The first-order valence-electron chi connectivity index (χ1n) is 6.55. The molecule has 2 aromatic carbocycles. The Bertz CT molecular complexity index is 541. The van der Waals surface area contributed by atoms with Crippen LogP contribution in [0, 0.1) is 6.92 Å². The summed E-state index contributed by atoms with van der Waals surface area (Å²) in [7, 11) is 3.28. The van der Waals surface area contributed by atoms with Gasteiger partial charge in [-0.15, -0.1) is 11.6 Å². The summed E-state index contributed by atoms with van der Waals surface area (Å²) < 4.78 is 10.5. The van der Waals surface area contributed by atoms with E-state index in [-0.39, 0.29) is 5.38 Å². The summed E-state index contributed by atoms with van der Waals surface area (Å²) in [4.78, 5) is 0. The maximum atomic E-state index is 6.53. The molecule has 0 fully saturated rings. The van der Waals surface area contributed by atoms with Crippen LogP contribution in [0.5, 0.6) is 11.5 Å². The molecule has 0 spiro atoms. The highest BCUT2D eigenvalue weighted by Gasteiger charge is 2.12. The second kappa shape index (κ2) is 6.67. The van der Waals surface area contributed by atoms with Crippen LogP contribution in [-0.4, -0.2) is 14.2 Å². The van der Waals surface area contributed by atoms with E-state index in [1.807, 2.05) is 18.2 Å². The van der Waals surface area contributed by atoms with Crippen molar-refractivity contribution < 1.29 is 9.47 Å². The summed E-state index contributed by atoms with van der Waals surface area (Å²) in [6, 6.07) is 14.2. The van der Waals surface area contributed by atoms with Gasteiger partial charge in [0, 0.05) is 6.07 Å². The predicted molar refractivity (Wildman–Crippen MR) is 83.0 cm³/mol. The van der Waals surface area contributed by atoms with Crippen LogP contribution in [0.3, 0.4) is 0 Å². The van der Waals surface area contributed by atoms with Crippen molar-refractivity contribution >= 4 is 11.6 Å². The zero-order valence-corrected chi connectivity index (χ0v) is 12.8. The van der Waals surface area contributed by atoms with Crippen molar-refractivity contribution in [2.24, 2.45) is 0 Å². The molecule has 0 aliphatic carbocycles. The fourth-order valence-corrected chi connectivity index (χ4v) is 2.36. The Morgan fingerprint density at radius 2 is 1.50 bits per heavy atom. The van der Waals surface area contributed by atoms with Gasteiger partial charge in [-0.1, -0.05) is 29.8 Å². The molecule has 2 aromatic rings. The van der Waals surface area contributed by atoms with Gasteiger partial charge in [-0.3, -0.25) is 0 Å². The number of halogens is 1. The second-order valence-corrected chi connectivity index (χ2v) is 5.33. The third kappa shape index (κ3) is 3.67. The number of alkyl halides is 1. The van der Waals surface area contributed by atoms with Crippen molar-refractivity contribution in [1.82, 2.24) is 0 Å². The summed E-state index contributed by atoms with van der Waals surface area (Å²) >= 11 is 6.53. The number of aryl methyl sites for hydroxylation is 1. The van der Waals surface area contributed by atoms with E-state index < -0.39 is 0 Å². The van der Waals surface area contributed by atoms with Crippen LogP contribution < -0.4 is 9.47 Å². The van der Waals surface area contributed by atoms with Gasteiger partial charge in [0.2, 0.25) is 0 Å². The van der Waals surface area contributed by atoms with Gasteiger partial charge in [0.25, 0.3) is 0 Å². The van der Waals surface area contributed by atoms with E-state index >= 15 is 0 Å². The molecule has 0 aromatic heterocycles. The van der Waals surface area contributed by atoms with Crippen LogP contribution in [0.15, 0.2) is 42.5 Å². The molecular weight excluding hydrogens is 272 g/mol. The smallest absolute Gasteiger partial charge is 0.122 e. The van der Waals surface area contributed by atoms with E-state index in [4.69, 9.17) is 21.1 Å². The molecule has 1 atom stereocenters. The quantitative estimate of drug-likeness (QED) is 0.753. The molecule has 3 heteroatoms. The molecule has 2 nitrogen and oxygen atoms in total. The molecule has 2 rings (SSSR count). The Balaban J connectivity index is 2.19. The molecule has 0 saturated heterocycles. The molecule has 0 amide bonds. The van der Waals surface area contributed by atoms with E-state index in [0.29, 0.717) is 0 Å². The molecule has 0 bridgehead atoms. The van der Waals surface area contributed by atoms with E-state index in [1.165, 1.54) is 11.1 Å². The molecule has 0 saturated carbocycles. The van der Waals surface area contributed by atoms with E-state index in [9.17, 15) is 0 Å². The largest absolute Gasteiger partial charge is 0.497 e. The number of hydrogen-bond donors (Lipinski definition) is 0. The normalized spacial score (nSPS) is 12.0. The van der Waals surface area contributed by atoms with Gasteiger partial charge in [-0.05, 0) is 36.6 Å². The van der Waals surface area contributed by atoms with Gasteiger partial charge in [0.15, 0.2) is 0 Å². The first-order valence-corrected chi connectivity index (χ1v) is 6.98. The molecule has 106 valence electrons. The lowest BCUT2D eigenvalue weighted by atomic mass is 10.0. The number of rotatable bonds is 5. The number of methoxy groups -OCH3 is 2. The van der Waals surface area contributed by atoms with Crippen molar-refractivity contribution in [1.29, 1.82) is 0 Å². The van der Waals surface area contributed by atoms with Crippen molar-refractivity contribution in [2.75, 3.05) is 14.2 Å². The summed E-state index contributed by atoms with van der Waals surface area (Å²) in [5.41, 5.74) is 3.48. The topological polar surface area (TPSA) is 18.5 Å². The molecule has 0 aliphatic rings. The number of benzene rings is 2. The average molecular weight is 291 g/mol. The number of hydrogen-bond acceptors (Lipinski definition) is 2. The summed E-state index contributed by atoms with van der Waals surface area (Å²) in [5, 5.41) is -0.110. The minimum absolute atomic E-state index is 0.110. The van der Waals surface area contributed by atoms with Gasteiger partial charge in [-0.25, -0.2) is 0 Å². The standard InChI is InChI=1S/C17H19ClO2/c1-12-4-6-13(7-5-12)8-17(18)14-9-15(19-2)11-16(10-14)20-3/h4-7,9-11,17H,8H2,1-3H3. The molecule has 1 unspecified atom stereocenters. The zero-order valence-electron chi connectivity index (χ0n) is 12.0. The predicted octanol–water partition coefficient (Wildman–Crippen LogP) is 4.53. The van der Waals surface area contributed by atoms with Crippen molar-refractivity contribution in [2.45, 2.75) is 18.7 Å². The lowest BCUT2D eigenvalue weighted by Gasteiger charge is -2.13. The molecular formula is C17H19ClO2. The van der Waals surface area contributed by atoms with Gasteiger partial charge < -0.3 is 9.47 Å². The van der Waals surface area contributed by atoms with Crippen LogP contribution in [0.2, 0.25) is 0 Å². The summed E-state index contributed by atoms with van der Waals surface area (Å²) in [6.07, 6.45) is 0.776. The van der Waals surface area contributed by atoms with E-state index in [0.717, 1.165) is 23.5 Å². The SMILES string of the molecule is COc1cc(OC)cc(C(Cl)Cc2ccc(C)cc2)c1. The van der Waals surface area contributed by atoms with Gasteiger partial charge in [-0.2, -0.15) is 0 Å². The lowest BCUT2D eigenvalue weighted by Crippen LogP contribution is -1.98. The van der Waals surface area contributed by atoms with Crippen molar-refractivity contribution in [3.8, 4) is 11.5 Å². The molecule has 0 aliphatic heterocycles. The minimum atomic E-state index is -0.110. The summed E-state index contributed by atoms with van der Waals surface area (Å²) in [6.45, 7) is 2.08. The first-order chi connectivity index (χ1) is 9.62. The van der Waals surface area contributed by atoms with Crippen LogP contribution in [0.4, 0.5) is 0 Å². The Morgan fingerprint density at radius 3 is 2.00 bits per heavy atom. The molecule has 20 heavy (non-hydrogen) atoms. The lowest BCUT2D eigenvalue weighted by molar-refractivity contribution is 0.393. The van der Waals surface area contributed by atoms with Crippen LogP contribution in [0.1, 0.15) is 22.1 Å². The monoisotopic (exact) mass is 290 g/mol. The third-order valence-corrected chi connectivity index (χ3v) is 3.68. The van der Waals surface area contributed by atoms with Gasteiger partial charge >= 0.3 is 0 Å². The van der Waals surface area contributed by atoms with E-state index in [2.05, 4.69) is 31.2 Å². The molecule has 0 N–H and O–H groups in total. The highest BCUT2D eigenvalue weighted by molar-refractivity contribution is 6.21. The Labute approximate surface area is 125 Å². The van der Waals surface area contributed by atoms with Crippen molar-refractivity contribution in [3.05, 3.63) is 59.2 Å². The Kier molecular flexibility index (Phi) is 4.91. The first kappa shape index (κ1) is 14.7. The summed E-state index contributed by atoms with van der Waals surface area (Å²) in [5.74, 6) is 1.52. The average Bonchev–Trinajstić information content (AvgIpc) is 2.48. The second-order valence-electron chi connectivity index (χ2n) is 4.80. The maximum absolute atomic E-state index is 6.53. The Morgan fingerprint density at radius 1 is 0.950 bits per heavy atom. The highest BCUT2D eigenvalue weighted by atomic mass is 35.5. The Hall–Kier alpha value is -1.67. The van der Waals surface area contributed by atoms with Gasteiger partial charge in [0.05, 0.1) is 19.6 Å². The van der Waals surface area contributed by atoms with Crippen LogP contribution in [-0.2, 0) is 6.42 Å². The van der Waals surface area contributed by atoms with Gasteiger partial charge in [0.1, 0.15) is 11.5 Å². The fraction of sp³-hybridized carbons (Fsp3) is 0.294. The van der Waals surface area contributed by atoms with Crippen LogP contribution in [0.25, 0.3) is 0 Å². The van der Waals surface area contributed by atoms with Crippen molar-refractivity contribution in [3.63, 3.8) is 0 Å². The molecule has 0 radical (unpaired) electrons. The third-order valence-electron chi connectivity index (χ3n) is 3.27. The van der Waals surface area contributed by atoms with Crippen LogP contribution >= 0.6 is 11.6 Å². The molecule has 0 heterocycles. The maximum Gasteiger partial charge on any atom is 0.122 e. The fourth-order valence-electron chi connectivity index (χ4n) is 2.06. The zero-order chi connectivity index (χ0) is 14.5.